The number of fused-ring (bicyclic) bond motifs is 3. The summed E-state index contributed by atoms with van der Waals surface area (Å²) in [6.07, 6.45) is 4.85. The van der Waals surface area contributed by atoms with Crippen molar-refractivity contribution in [3.05, 3.63) is 33.6 Å². The highest BCUT2D eigenvalue weighted by Crippen LogP contribution is 2.60. The van der Waals surface area contributed by atoms with Gasteiger partial charge in [-0.2, -0.15) is 0 Å². The molecule has 31 heavy (non-hydrogen) atoms. The second-order valence-electron chi connectivity index (χ2n) is 9.62. The van der Waals surface area contributed by atoms with E-state index in [1.54, 1.807) is 0 Å². The minimum atomic E-state index is -1.15. The van der Waals surface area contributed by atoms with Gasteiger partial charge in [-0.1, -0.05) is 23.2 Å². The zero-order chi connectivity index (χ0) is 22.4. The van der Waals surface area contributed by atoms with E-state index >= 15 is 4.39 Å². The average molecular weight is 473 g/mol. The summed E-state index contributed by atoms with van der Waals surface area (Å²) < 4.78 is 29.9. The molecule has 5 rings (SSSR count). The lowest BCUT2D eigenvalue weighted by Gasteiger charge is -2.53. The fourth-order valence-electron chi connectivity index (χ4n) is 5.84. The number of halogens is 4. The first-order valence-corrected chi connectivity index (χ1v) is 11.8. The van der Waals surface area contributed by atoms with Crippen LogP contribution >= 0.6 is 23.2 Å². The van der Waals surface area contributed by atoms with Crippen molar-refractivity contribution in [2.24, 2.45) is 11.3 Å². The molecule has 4 fully saturated rings. The number of alkyl halides is 1. The molecule has 4 aliphatic carbocycles. The molecule has 0 heterocycles. The molecule has 2 bridgehead atoms. The van der Waals surface area contributed by atoms with Crippen molar-refractivity contribution in [2.45, 2.75) is 82.5 Å². The third-order valence-electron chi connectivity index (χ3n) is 7.69. The Morgan fingerprint density at radius 1 is 1.10 bits per heavy atom. The summed E-state index contributed by atoms with van der Waals surface area (Å²) in [4.78, 5) is 24.6. The number of hydrogen-bond donors (Lipinski definition) is 2. The number of rotatable bonds is 5. The molecule has 4 nitrogen and oxygen atoms in total. The molecule has 0 spiro atoms. The van der Waals surface area contributed by atoms with Crippen LogP contribution in [-0.2, 0) is 9.59 Å². The number of carbonyl (C=O) groups is 2. The van der Waals surface area contributed by atoms with Gasteiger partial charge >= 0.3 is 0 Å². The molecule has 3 atom stereocenters. The maximum absolute atomic E-state index is 15.0. The number of carbonyl (C=O) groups excluding carboxylic acids is 2. The molecule has 4 aliphatic rings. The first-order valence-electron chi connectivity index (χ1n) is 11.0. The van der Waals surface area contributed by atoms with Crippen LogP contribution < -0.4 is 10.6 Å². The molecule has 1 aromatic carbocycles. The van der Waals surface area contributed by atoms with Gasteiger partial charge in [-0.15, -0.1) is 0 Å². The smallest absolute Gasteiger partial charge is 0.223 e. The third kappa shape index (κ3) is 4.43. The van der Waals surface area contributed by atoms with E-state index in [1.165, 1.54) is 19.1 Å². The predicted molar refractivity (Wildman–Crippen MR) is 116 cm³/mol. The third-order valence-corrected chi connectivity index (χ3v) is 8.51. The van der Waals surface area contributed by atoms with Gasteiger partial charge < -0.3 is 10.6 Å². The van der Waals surface area contributed by atoms with Crippen LogP contribution in [0.15, 0.2) is 12.1 Å². The summed E-state index contributed by atoms with van der Waals surface area (Å²) in [7, 11) is 0. The lowest BCUT2D eigenvalue weighted by atomic mass is 9.55. The summed E-state index contributed by atoms with van der Waals surface area (Å²) in [5.41, 5.74) is -1.40. The molecule has 8 heteroatoms. The quantitative estimate of drug-likeness (QED) is 0.543. The Morgan fingerprint density at radius 2 is 1.74 bits per heavy atom. The standard InChI is InChI=1S/C23H28Cl2F2N2O2/c1-13(30)28-15-3-2-14(12-15)21(31)29-20(18-17(26)5-4-16(24)19(18)25)22-6-9-23(27,10-7-22)11-8-22/h4-5,14-15,20H,2-3,6-12H2,1H3,(H,28,30)(H,29,31)/t14-,15?,20-,22?,23?/m1/s1. The van der Waals surface area contributed by atoms with Gasteiger partial charge in [-0.25, -0.2) is 8.78 Å². The maximum atomic E-state index is 15.0. The van der Waals surface area contributed by atoms with Crippen molar-refractivity contribution in [2.75, 3.05) is 0 Å². The SMILES string of the molecule is CC(=O)NC1CC[C@@H](C(=O)N[C@H](c2c(F)ccc(Cl)c2Cl)C23CCC(F)(CC2)CC3)C1. The van der Waals surface area contributed by atoms with Crippen LogP contribution in [0.2, 0.25) is 10.0 Å². The Balaban J connectivity index is 1.62. The molecule has 0 saturated heterocycles. The van der Waals surface area contributed by atoms with Crippen LogP contribution in [0.4, 0.5) is 8.78 Å². The molecular formula is C23H28Cl2F2N2O2. The number of benzene rings is 1. The first-order chi connectivity index (χ1) is 14.6. The van der Waals surface area contributed by atoms with Gasteiger partial charge in [0.05, 0.1) is 16.1 Å². The molecule has 1 unspecified atom stereocenters. The van der Waals surface area contributed by atoms with Crippen LogP contribution in [0.1, 0.15) is 76.3 Å². The lowest BCUT2D eigenvalue weighted by Crippen LogP contribution is -2.51. The van der Waals surface area contributed by atoms with Crippen molar-refractivity contribution in [1.82, 2.24) is 10.6 Å². The predicted octanol–water partition coefficient (Wildman–Crippen LogP) is 5.66. The molecule has 170 valence electrons. The molecule has 0 radical (unpaired) electrons. The topological polar surface area (TPSA) is 58.2 Å². The van der Waals surface area contributed by atoms with E-state index in [2.05, 4.69) is 10.6 Å². The zero-order valence-corrected chi connectivity index (χ0v) is 19.1. The number of amides is 2. The summed E-state index contributed by atoms with van der Waals surface area (Å²) in [5.74, 6) is -1.08. The molecular weight excluding hydrogens is 445 g/mol. The summed E-state index contributed by atoms with van der Waals surface area (Å²) in [6, 6.07) is 1.97. The van der Waals surface area contributed by atoms with Gasteiger partial charge in [0.2, 0.25) is 11.8 Å². The normalized spacial score (nSPS) is 33.2. The van der Waals surface area contributed by atoms with E-state index < -0.39 is 22.9 Å². The zero-order valence-electron chi connectivity index (χ0n) is 17.6. The first kappa shape index (κ1) is 22.8. The van der Waals surface area contributed by atoms with Crippen LogP contribution in [0.3, 0.4) is 0 Å². The number of hydrogen-bond acceptors (Lipinski definition) is 2. The van der Waals surface area contributed by atoms with Crippen molar-refractivity contribution in [3.63, 3.8) is 0 Å². The highest BCUT2D eigenvalue weighted by molar-refractivity contribution is 6.42. The minimum absolute atomic E-state index is 0.0344. The Bertz CT molecular complexity index is 870. The highest BCUT2D eigenvalue weighted by atomic mass is 35.5. The van der Waals surface area contributed by atoms with Gasteiger partial charge in [0.15, 0.2) is 0 Å². The largest absolute Gasteiger partial charge is 0.354 e. The van der Waals surface area contributed by atoms with Crippen LogP contribution in [0, 0.1) is 17.2 Å². The molecule has 2 N–H and O–H groups in total. The van der Waals surface area contributed by atoms with E-state index in [0.29, 0.717) is 51.4 Å². The molecule has 4 saturated carbocycles. The van der Waals surface area contributed by atoms with Gasteiger partial charge in [-0.05, 0) is 75.3 Å². The lowest BCUT2D eigenvalue weighted by molar-refractivity contribution is -0.129. The minimum Gasteiger partial charge on any atom is -0.354 e. The highest BCUT2D eigenvalue weighted by Gasteiger charge is 2.54. The Hall–Kier alpha value is -1.40. The molecule has 1 aromatic rings. The van der Waals surface area contributed by atoms with Gasteiger partial charge in [0, 0.05) is 24.4 Å². The van der Waals surface area contributed by atoms with Crippen molar-refractivity contribution in [1.29, 1.82) is 0 Å². The Morgan fingerprint density at radius 3 is 2.35 bits per heavy atom. The van der Waals surface area contributed by atoms with Crippen molar-refractivity contribution in [3.8, 4) is 0 Å². The monoisotopic (exact) mass is 472 g/mol. The second kappa shape index (κ2) is 8.51. The summed E-state index contributed by atoms with van der Waals surface area (Å²) in [6.45, 7) is 1.46. The molecule has 0 aliphatic heterocycles. The van der Waals surface area contributed by atoms with Gasteiger partial charge in [0.25, 0.3) is 0 Å². The van der Waals surface area contributed by atoms with Crippen molar-refractivity contribution < 1.29 is 18.4 Å². The maximum Gasteiger partial charge on any atom is 0.223 e. The van der Waals surface area contributed by atoms with Crippen molar-refractivity contribution >= 4 is 35.0 Å². The van der Waals surface area contributed by atoms with Crippen LogP contribution in [-0.4, -0.2) is 23.5 Å². The molecule has 2 amide bonds. The number of nitrogens with one attached hydrogen (secondary N) is 2. The van der Waals surface area contributed by atoms with E-state index in [0.717, 1.165) is 6.42 Å². The van der Waals surface area contributed by atoms with Crippen LogP contribution in [0.25, 0.3) is 0 Å². The van der Waals surface area contributed by atoms with E-state index in [4.69, 9.17) is 23.2 Å². The Labute approximate surface area is 191 Å². The van der Waals surface area contributed by atoms with Crippen LogP contribution in [0.5, 0.6) is 0 Å². The van der Waals surface area contributed by atoms with E-state index in [1.807, 2.05) is 0 Å². The van der Waals surface area contributed by atoms with Gasteiger partial charge in [0.1, 0.15) is 11.5 Å². The fraction of sp³-hybridized carbons (Fsp3) is 0.652. The van der Waals surface area contributed by atoms with E-state index in [9.17, 15) is 14.0 Å². The second-order valence-corrected chi connectivity index (χ2v) is 10.4. The van der Waals surface area contributed by atoms with E-state index in [-0.39, 0.29) is 39.4 Å². The average Bonchev–Trinajstić information content (AvgIpc) is 3.19. The van der Waals surface area contributed by atoms with Gasteiger partial charge in [-0.3, -0.25) is 9.59 Å². The summed E-state index contributed by atoms with van der Waals surface area (Å²) in [5, 5.41) is 6.30. The Kier molecular flexibility index (Phi) is 6.25. The fourth-order valence-corrected chi connectivity index (χ4v) is 6.27. The summed E-state index contributed by atoms with van der Waals surface area (Å²) >= 11 is 12.7. The molecule has 0 aromatic heterocycles.